The first-order chi connectivity index (χ1) is 36.5. The Morgan fingerprint density at radius 1 is 0.427 bits per heavy atom. The van der Waals surface area contributed by atoms with Gasteiger partial charge in [0.25, 0.3) is 0 Å². The van der Waals surface area contributed by atoms with Gasteiger partial charge in [-0.15, -0.1) is 0 Å². The molecule has 14 nitrogen and oxygen atoms in total. The van der Waals surface area contributed by atoms with Crippen molar-refractivity contribution in [3.63, 3.8) is 0 Å². The molecule has 15 heteroatoms. The van der Waals surface area contributed by atoms with Gasteiger partial charge in [-0.2, -0.15) is 0 Å². The standard InChI is InChI=1S/C60H117BrN4O10/c1-6-8-10-12-14-16-18-20-22-24-26-28-30-32-34-36-42-65(43-37-35-33-31-29-27-25-23-21-19-17-15-13-11-9-7-2)58(68)55(64-59(69)75-60(3,4)5)38-39-56(66)62-40-44-70-46-48-72-50-52-74-53-51-73-49-47-71-45-41-63-57(67)54-61/h55H,6-54H2,1-5H3,(H,62,66)(H,63,67)(H,64,69)/t55-/m0/s1. The first-order valence-electron chi connectivity index (χ1n) is 30.8. The van der Waals surface area contributed by atoms with Crippen molar-refractivity contribution in [2.45, 2.75) is 265 Å². The molecular formula is C60H117BrN4O10. The highest BCUT2D eigenvalue weighted by Crippen LogP contribution is 2.17. The monoisotopic (exact) mass is 1130 g/mol. The van der Waals surface area contributed by atoms with Gasteiger partial charge >= 0.3 is 6.09 Å². The second-order valence-electron chi connectivity index (χ2n) is 21.6. The highest BCUT2D eigenvalue weighted by Gasteiger charge is 2.28. The number of hydrogen-bond donors (Lipinski definition) is 3. The number of nitrogens with one attached hydrogen (secondary N) is 3. The molecule has 3 N–H and O–H groups in total. The number of alkyl halides is 1. The van der Waals surface area contributed by atoms with Crippen LogP contribution in [0.3, 0.4) is 0 Å². The summed E-state index contributed by atoms with van der Waals surface area (Å²) in [6.07, 6.45) is 41.1. The molecule has 0 spiro atoms. The molecule has 4 amide bonds. The fourth-order valence-corrected chi connectivity index (χ4v) is 9.08. The third kappa shape index (κ3) is 55.1. The Bertz CT molecular complexity index is 1240. The van der Waals surface area contributed by atoms with Crippen molar-refractivity contribution >= 4 is 39.7 Å². The highest BCUT2D eigenvalue weighted by molar-refractivity contribution is 9.09. The van der Waals surface area contributed by atoms with E-state index in [-0.39, 0.29) is 35.9 Å². The number of nitrogens with zero attached hydrogens (tertiary/aromatic N) is 1. The summed E-state index contributed by atoms with van der Waals surface area (Å²) in [6, 6.07) is -0.867. The molecular weight excluding hydrogens is 1020 g/mol. The smallest absolute Gasteiger partial charge is 0.408 e. The summed E-state index contributed by atoms with van der Waals surface area (Å²) in [5.41, 5.74) is -0.725. The van der Waals surface area contributed by atoms with Gasteiger partial charge in [-0.1, -0.05) is 222 Å². The lowest BCUT2D eigenvalue weighted by molar-refractivity contribution is -0.134. The van der Waals surface area contributed by atoms with Gasteiger partial charge in [0.05, 0.1) is 71.4 Å². The Morgan fingerprint density at radius 3 is 1.03 bits per heavy atom. The first kappa shape index (κ1) is 73.0. The van der Waals surface area contributed by atoms with Crippen molar-refractivity contribution in [1.82, 2.24) is 20.9 Å². The number of rotatable bonds is 58. The van der Waals surface area contributed by atoms with Gasteiger partial charge < -0.3 is 49.3 Å². The van der Waals surface area contributed by atoms with Crippen molar-refractivity contribution in [3.05, 3.63) is 0 Å². The van der Waals surface area contributed by atoms with Crippen LogP contribution in [0, 0.1) is 0 Å². The summed E-state index contributed by atoms with van der Waals surface area (Å²) in [6.45, 7) is 16.3. The Labute approximate surface area is 468 Å². The molecule has 75 heavy (non-hydrogen) atoms. The summed E-state index contributed by atoms with van der Waals surface area (Å²) in [7, 11) is 0. The Morgan fingerprint density at radius 2 is 0.720 bits per heavy atom. The minimum atomic E-state index is -0.867. The van der Waals surface area contributed by atoms with Crippen LogP contribution in [0.2, 0.25) is 0 Å². The fourth-order valence-electron chi connectivity index (χ4n) is 8.88. The van der Waals surface area contributed by atoms with Crippen LogP contribution in [0.4, 0.5) is 4.79 Å². The van der Waals surface area contributed by atoms with Crippen LogP contribution in [0.25, 0.3) is 0 Å². The molecule has 0 saturated carbocycles. The summed E-state index contributed by atoms with van der Waals surface area (Å²) >= 11 is 3.10. The molecule has 1 atom stereocenters. The third-order valence-electron chi connectivity index (χ3n) is 13.3. The minimum Gasteiger partial charge on any atom is -0.444 e. The molecule has 0 aliphatic rings. The van der Waals surface area contributed by atoms with Gasteiger partial charge in [0.2, 0.25) is 17.7 Å². The lowest BCUT2D eigenvalue weighted by Gasteiger charge is -2.29. The van der Waals surface area contributed by atoms with Crippen LogP contribution in [0.15, 0.2) is 0 Å². The van der Waals surface area contributed by atoms with Gasteiger partial charge in [-0.3, -0.25) is 14.4 Å². The number of hydrogen-bond acceptors (Lipinski definition) is 10. The van der Waals surface area contributed by atoms with Crippen LogP contribution < -0.4 is 16.0 Å². The van der Waals surface area contributed by atoms with Crippen molar-refractivity contribution in [2.75, 3.05) is 97.6 Å². The van der Waals surface area contributed by atoms with Gasteiger partial charge in [-0.25, -0.2) is 4.79 Å². The predicted octanol–water partition coefficient (Wildman–Crippen LogP) is 13.7. The third-order valence-corrected chi connectivity index (χ3v) is 13.8. The molecule has 0 fully saturated rings. The highest BCUT2D eigenvalue weighted by atomic mass is 79.9. The molecule has 0 aromatic carbocycles. The van der Waals surface area contributed by atoms with Crippen LogP contribution in [0.1, 0.15) is 253 Å². The molecule has 0 saturated heterocycles. The lowest BCUT2D eigenvalue weighted by Crippen LogP contribution is -2.50. The maximum Gasteiger partial charge on any atom is 0.408 e. The van der Waals surface area contributed by atoms with Crippen molar-refractivity contribution in [3.8, 4) is 0 Å². The number of alkyl carbamates (subject to hydrolysis) is 1. The van der Waals surface area contributed by atoms with E-state index in [4.69, 9.17) is 28.4 Å². The van der Waals surface area contributed by atoms with E-state index in [1.165, 1.54) is 180 Å². The molecule has 0 radical (unpaired) electrons. The average molecular weight is 1130 g/mol. The normalized spacial score (nSPS) is 12.0. The number of amides is 4. The Hall–Kier alpha value is -2.04. The fraction of sp³-hybridized carbons (Fsp3) is 0.933. The molecule has 0 aromatic heterocycles. The summed E-state index contributed by atoms with van der Waals surface area (Å²) in [5.74, 6) is -0.407. The van der Waals surface area contributed by atoms with E-state index in [1.54, 1.807) is 20.8 Å². The molecule has 0 aliphatic heterocycles. The maximum atomic E-state index is 14.4. The number of halogens is 1. The summed E-state index contributed by atoms with van der Waals surface area (Å²) in [5, 5.41) is 8.74. The zero-order valence-corrected chi connectivity index (χ0v) is 50.7. The number of ether oxygens (including phenoxy) is 6. The number of unbranched alkanes of at least 4 members (excludes halogenated alkanes) is 30. The quantitative estimate of drug-likeness (QED) is 0.0395. The maximum absolute atomic E-state index is 14.4. The molecule has 444 valence electrons. The van der Waals surface area contributed by atoms with Crippen LogP contribution in [-0.2, 0) is 42.8 Å². The van der Waals surface area contributed by atoms with Crippen molar-refractivity contribution in [2.24, 2.45) is 0 Å². The summed E-state index contributed by atoms with van der Waals surface area (Å²) in [4.78, 5) is 53.6. The van der Waals surface area contributed by atoms with Gasteiger partial charge in [-0.05, 0) is 40.0 Å². The van der Waals surface area contributed by atoms with Crippen molar-refractivity contribution in [1.29, 1.82) is 0 Å². The van der Waals surface area contributed by atoms with Gasteiger partial charge in [0.1, 0.15) is 11.6 Å². The molecule has 0 aromatic rings. The number of carbonyl (C=O) groups is 4. The van der Waals surface area contributed by atoms with E-state index in [9.17, 15) is 19.2 Å². The topological polar surface area (TPSA) is 163 Å². The van der Waals surface area contributed by atoms with Crippen LogP contribution in [0.5, 0.6) is 0 Å². The molecule has 0 rings (SSSR count). The summed E-state index contributed by atoms with van der Waals surface area (Å²) < 4.78 is 33.2. The Balaban J connectivity index is 4.83. The molecule has 0 bridgehead atoms. The molecule has 0 heterocycles. The zero-order valence-electron chi connectivity index (χ0n) is 49.1. The second-order valence-corrected chi connectivity index (χ2v) is 22.1. The van der Waals surface area contributed by atoms with E-state index in [1.807, 2.05) is 4.90 Å². The predicted molar refractivity (Wildman–Crippen MR) is 312 cm³/mol. The SMILES string of the molecule is CCCCCCCCCCCCCCCCCCN(CCCCCCCCCCCCCCCCCC)C(=O)[C@H](CCC(=O)NCCOCCOCCOCCOCCOCCNC(=O)CBr)NC(=O)OC(C)(C)C. The first-order valence-corrected chi connectivity index (χ1v) is 31.9. The van der Waals surface area contributed by atoms with E-state index in [0.717, 1.165) is 25.7 Å². The molecule has 0 unspecified atom stereocenters. The van der Waals surface area contributed by atoms with Crippen LogP contribution >= 0.6 is 15.9 Å². The zero-order chi connectivity index (χ0) is 55.0. The van der Waals surface area contributed by atoms with Crippen LogP contribution in [-0.4, -0.2) is 138 Å². The average Bonchev–Trinajstić information content (AvgIpc) is 3.38. The van der Waals surface area contributed by atoms with Crippen molar-refractivity contribution < 1.29 is 47.6 Å². The second kappa shape index (κ2) is 56.7. The lowest BCUT2D eigenvalue weighted by atomic mass is 10.0. The van der Waals surface area contributed by atoms with E-state index in [0.29, 0.717) is 92.2 Å². The largest absolute Gasteiger partial charge is 0.444 e. The van der Waals surface area contributed by atoms with E-state index >= 15 is 0 Å². The van der Waals surface area contributed by atoms with E-state index < -0.39 is 17.7 Å². The van der Waals surface area contributed by atoms with Gasteiger partial charge in [0.15, 0.2) is 0 Å². The van der Waals surface area contributed by atoms with E-state index in [2.05, 4.69) is 45.7 Å². The molecule has 0 aliphatic carbocycles. The Kier molecular flexibility index (Phi) is 55.1. The number of carbonyl (C=O) groups excluding carboxylic acids is 4. The van der Waals surface area contributed by atoms with Gasteiger partial charge in [0, 0.05) is 32.6 Å². The minimum absolute atomic E-state index is 0.0688.